The van der Waals surface area contributed by atoms with Crippen molar-refractivity contribution >= 4 is 0 Å². The van der Waals surface area contributed by atoms with Gasteiger partial charge in [-0.15, -0.1) is 0 Å². The second-order valence-electron chi connectivity index (χ2n) is 8.73. The van der Waals surface area contributed by atoms with Gasteiger partial charge in [-0.2, -0.15) is 0 Å². The van der Waals surface area contributed by atoms with Gasteiger partial charge in [0.25, 0.3) is 0 Å². The largest absolute Gasteiger partial charge is 0.378 e. The third kappa shape index (κ3) is 22.1. The van der Waals surface area contributed by atoms with Crippen molar-refractivity contribution in [1.82, 2.24) is 0 Å². The Balaban J connectivity index is 3.23. The van der Waals surface area contributed by atoms with Gasteiger partial charge in [-0.05, 0) is 19.3 Å². The lowest BCUT2D eigenvalue weighted by atomic mass is 10.0. The summed E-state index contributed by atoms with van der Waals surface area (Å²) < 4.78 is 6.05. The van der Waals surface area contributed by atoms with Crippen molar-refractivity contribution in [2.45, 2.75) is 162 Å². The van der Waals surface area contributed by atoms with Gasteiger partial charge in [-0.25, -0.2) is 0 Å². The van der Waals surface area contributed by atoms with Crippen LogP contribution in [-0.2, 0) is 4.74 Å². The zero-order valence-electron chi connectivity index (χ0n) is 19.5. The molecule has 0 rings (SSSR count). The molecule has 164 valence electrons. The fraction of sp³-hybridized carbons (Fsp3) is 1.00. The second-order valence-corrected chi connectivity index (χ2v) is 8.73. The molecule has 1 heteroatoms. The number of hydrogen-bond acceptors (Lipinski definition) is 1. The second kappa shape index (κ2) is 24.0. The average Bonchev–Trinajstić information content (AvgIpc) is 2.67. The molecule has 0 bridgehead atoms. The molecule has 0 aliphatic rings. The number of hydrogen-bond donors (Lipinski definition) is 0. The molecule has 0 aliphatic carbocycles. The minimum absolute atomic E-state index is 0.535. The zero-order chi connectivity index (χ0) is 19.8. The van der Waals surface area contributed by atoms with E-state index in [0.29, 0.717) is 6.10 Å². The molecule has 27 heavy (non-hydrogen) atoms. The topological polar surface area (TPSA) is 9.23 Å². The number of unbranched alkanes of at least 4 members (excludes halogenated alkanes) is 16. The van der Waals surface area contributed by atoms with Crippen molar-refractivity contribution in [3.05, 3.63) is 0 Å². The van der Waals surface area contributed by atoms with Gasteiger partial charge in [-0.1, -0.05) is 136 Å². The minimum Gasteiger partial charge on any atom is -0.378 e. The van der Waals surface area contributed by atoms with Gasteiger partial charge in [0.1, 0.15) is 0 Å². The van der Waals surface area contributed by atoms with Crippen molar-refractivity contribution in [2.75, 3.05) is 6.61 Å². The van der Waals surface area contributed by atoms with Crippen LogP contribution in [0.25, 0.3) is 0 Å². The maximum absolute atomic E-state index is 6.05. The Bertz CT molecular complexity index is 251. The molecule has 1 unspecified atom stereocenters. The average molecular weight is 383 g/mol. The van der Waals surface area contributed by atoms with E-state index in [9.17, 15) is 0 Å². The summed E-state index contributed by atoms with van der Waals surface area (Å²) in [6.07, 6.45) is 30.0. The van der Waals surface area contributed by atoms with Crippen LogP contribution in [0.5, 0.6) is 0 Å². The van der Waals surface area contributed by atoms with E-state index in [1.807, 2.05) is 0 Å². The van der Waals surface area contributed by atoms with E-state index in [4.69, 9.17) is 4.74 Å². The first kappa shape index (κ1) is 27.0. The van der Waals surface area contributed by atoms with Gasteiger partial charge in [-0.3, -0.25) is 0 Å². The molecule has 0 fully saturated rings. The van der Waals surface area contributed by atoms with E-state index in [2.05, 4.69) is 20.8 Å². The highest BCUT2D eigenvalue weighted by atomic mass is 16.5. The lowest BCUT2D eigenvalue weighted by Gasteiger charge is -2.17. The summed E-state index contributed by atoms with van der Waals surface area (Å²) in [7, 11) is 0. The van der Waals surface area contributed by atoms with Crippen LogP contribution in [0, 0.1) is 0 Å². The molecule has 0 aromatic carbocycles. The fourth-order valence-electron chi connectivity index (χ4n) is 3.95. The first-order valence-electron chi connectivity index (χ1n) is 13.0. The minimum atomic E-state index is 0.535. The lowest BCUT2D eigenvalue weighted by Crippen LogP contribution is -2.13. The van der Waals surface area contributed by atoms with Crippen molar-refractivity contribution in [3.63, 3.8) is 0 Å². The highest BCUT2D eigenvalue weighted by Gasteiger charge is 2.07. The van der Waals surface area contributed by atoms with Crippen molar-refractivity contribution in [3.8, 4) is 0 Å². The zero-order valence-corrected chi connectivity index (χ0v) is 19.5. The van der Waals surface area contributed by atoms with Gasteiger partial charge in [0.15, 0.2) is 0 Å². The molecular formula is C26H54O. The Morgan fingerprint density at radius 1 is 0.407 bits per heavy atom. The summed E-state index contributed by atoms with van der Waals surface area (Å²) in [5.74, 6) is 0. The van der Waals surface area contributed by atoms with Crippen molar-refractivity contribution in [2.24, 2.45) is 0 Å². The number of rotatable bonds is 23. The maximum atomic E-state index is 6.05. The van der Waals surface area contributed by atoms with Crippen LogP contribution in [0.4, 0.5) is 0 Å². The third-order valence-electron chi connectivity index (χ3n) is 5.84. The predicted molar refractivity (Wildman–Crippen MR) is 124 cm³/mol. The number of ether oxygens (including phenoxy) is 1. The Hall–Kier alpha value is -0.0400. The Labute approximate surface area is 173 Å². The highest BCUT2D eigenvalue weighted by Crippen LogP contribution is 2.16. The SMILES string of the molecule is CCCCCCCCCCCCCCCCCCC(CCC)OCCCC. The van der Waals surface area contributed by atoms with Gasteiger partial charge < -0.3 is 4.74 Å². The normalized spacial score (nSPS) is 12.6. The standard InChI is InChI=1S/C26H54O/c1-4-7-9-10-11-12-13-14-15-16-17-18-19-20-21-22-24-26(23-6-3)27-25-8-5-2/h26H,4-25H2,1-3H3. The molecule has 0 spiro atoms. The van der Waals surface area contributed by atoms with Crippen molar-refractivity contribution in [1.29, 1.82) is 0 Å². The Morgan fingerprint density at radius 2 is 0.815 bits per heavy atom. The van der Waals surface area contributed by atoms with E-state index in [1.165, 1.54) is 135 Å². The smallest absolute Gasteiger partial charge is 0.0575 e. The van der Waals surface area contributed by atoms with Crippen LogP contribution in [-0.4, -0.2) is 12.7 Å². The molecule has 1 atom stereocenters. The van der Waals surface area contributed by atoms with Crippen LogP contribution in [0.1, 0.15) is 156 Å². The first-order valence-corrected chi connectivity index (χ1v) is 13.0. The molecule has 0 amide bonds. The van der Waals surface area contributed by atoms with Crippen LogP contribution >= 0.6 is 0 Å². The molecule has 0 N–H and O–H groups in total. The van der Waals surface area contributed by atoms with E-state index in [0.717, 1.165) is 6.61 Å². The monoisotopic (exact) mass is 382 g/mol. The molecule has 0 saturated heterocycles. The molecule has 0 aromatic rings. The lowest BCUT2D eigenvalue weighted by molar-refractivity contribution is 0.0377. The summed E-state index contributed by atoms with van der Waals surface area (Å²) >= 11 is 0. The predicted octanol–water partition coefficient (Wildman–Crippen LogP) is 9.62. The van der Waals surface area contributed by atoms with Crippen molar-refractivity contribution < 1.29 is 4.74 Å². The molecule has 0 aliphatic heterocycles. The summed E-state index contributed by atoms with van der Waals surface area (Å²) in [5.41, 5.74) is 0. The van der Waals surface area contributed by atoms with Crippen LogP contribution < -0.4 is 0 Å². The summed E-state index contributed by atoms with van der Waals surface area (Å²) in [4.78, 5) is 0. The van der Waals surface area contributed by atoms with Crippen LogP contribution in [0.3, 0.4) is 0 Å². The van der Waals surface area contributed by atoms with E-state index >= 15 is 0 Å². The van der Waals surface area contributed by atoms with E-state index in [1.54, 1.807) is 0 Å². The summed E-state index contributed by atoms with van der Waals surface area (Å²) in [6, 6.07) is 0. The molecule has 0 heterocycles. The molecule has 0 radical (unpaired) electrons. The fourth-order valence-corrected chi connectivity index (χ4v) is 3.95. The van der Waals surface area contributed by atoms with Gasteiger partial charge >= 0.3 is 0 Å². The molecule has 0 aromatic heterocycles. The molecule has 0 saturated carbocycles. The summed E-state index contributed by atoms with van der Waals surface area (Å²) in [5, 5.41) is 0. The highest BCUT2D eigenvalue weighted by molar-refractivity contribution is 4.59. The summed E-state index contributed by atoms with van der Waals surface area (Å²) in [6.45, 7) is 7.80. The van der Waals surface area contributed by atoms with E-state index in [-0.39, 0.29) is 0 Å². The third-order valence-corrected chi connectivity index (χ3v) is 5.84. The quantitative estimate of drug-likeness (QED) is 0.160. The van der Waals surface area contributed by atoms with Gasteiger partial charge in [0.2, 0.25) is 0 Å². The Morgan fingerprint density at radius 3 is 1.22 bits per heavy atom. The molecular weight excluding hydrogens is 328 g/mol. The Kier molecular flexibility index (Phi) is 24.0. The molecule has 1 nitrogen and oxygen atoms in total. The van der Waals surface area contributed by atoms with Gasteiger partial charge in [0.05, 0.1) is 6.10 Å². The first-order chi connectivity index (χ1) is 13.3. The van der Waals surface area contributed by atoms with E-state index < -0.39 is 0 Å². The maximum Gasteiger partial charge on any atom is 0.0575 e. The van der Waals surface area contributed by atoms with Crippen LogP contribution in [0.15, 0.2) is 0 Å². The van der Waals surface area contributed by atoms with Gasteiger partial charge in [0, 0.05) is 6.61 Å². The van der Waals surface area contributed by atoms with Crippen LogP contribution in [0.2, 0.25) is 0 Å².